The zero-order valence-electron chi connectivity index (χ0n) is 22.8. The number of ether oxygens (including phenoxy) is 2. The summed E-state index contributed by atoms with van der Waals surface area (Å²) in [7, 11) is 0.692. The van der Waals surface area contributed by atoms with E-state index in [2.05, 4.69) is 25.1 Å². The van der Waals surface area contributed by atoms with Gasteiger partial charge in [0.25, 0.3) is 0 Å². The number of methoxy groups -OCH3 is 1. The summed E-state index contributed by atoms with van der Waals surface area (Å²) in [5.41, 5.74) is 3.87. The van der Waals surface area contributed by atoms with Crippen LogP contribution in [0.5, 0.6) is 5.75 Å². The summed E-state index contributed by atoms with van der Waals surface area (Å²) in [5, 5.41) is 3.41. The van der Waals surface area contributed by atoms with Gasteiger partial charge in [0, 0.05) is 36.7 Å². The van der Waals surface area contributed by atoms with E-state index in [1.54, 1.807) is 13.4 Å². The molecule has 0 amide bonds. The van der Waals surface area contributed by atoms with Crippen molar-refractivity contribution in [2.24, 2.45) is 0 Å². The van der Waals surface area contributed by atoms with Crippen molar-refractivity contribution >= 4 is 27.4 Å². The van der Waals surface area contributed by atoms with Crippen LogP contribution in [0.2, 0.25) is 0 Å². The first kappa shape index (κ1) is 28.4. The lowest BCUT2D eigenvalue weighted by Crippen LogP contribution is -2.30. The summed E-state index contributed by atoms with van der Waals surface area (Å²) in [6, 6.07) is 17.9. The van der Waals surface area contributed by atoms with Crippen LogP contribution in [-0.2, 0) is 27.7 Å². The van der Waals surface area contributed by atoms with Crippen molar-refractivity contribution in [3.63, 3.8) is 0 Å². The van der Waals surface area contributed by atoms with Gasteiger partial charge in [-0.1, -0.05) is 30.3 Å². The first-order valence-electron chi connectivity index (χ1n) is 13.1. The zero-order valence-corrected chi connectivity index (χ0v) is 23.7. The monoisotopic (exact) mass is 551 g/mol. The molecule has 10 heteroatoms. The van der Waals surface area contributed by atoms with Gasteiger partial charge in [-0.05, 0) is 56.3 Å². The van der Waals surface area contributed by atoms with E-state index in [1.165, 1.54) is 6.26 Å². The number of fused-ring (bicyclic) bond motifs is 1. The van der Waals surface area contributed by atoms with Gasteiger partial charge in [-0.3, -0.25) is 0 Å². The standard InChI is InChI=1S/C29H37N5O4S/c1-33(17-18-39(3,35)36)15-7-8-16-34-20-27-26(19-28(34)37-2)29(31-22-30-27)32-24-11-13-25(14-12-24)38-21-23-9-5-4-6-10-23/h4-6,9-14,19,22H,7-8,15-18,20-21H2,1-3H3,(H,30,31,32). The Morgan fingerprint density at radius 2 is 1.79 bits per heavy atom. The molecule has 3 aromatic rings. The van der Waals surface area contributed by atoms with Crippen LogP contribution in [0.25, 0.3) is 6.08 Å². The van der Waals surface area contributed by atoms with Crippen molar-refractivity contribution in [1.29, 1.82) is 0 Å². The number of anilines is 2. The van der Waals surface area contributed by atoms with E-state index in [-0.39, 0.29) is 5.75 Å². The van der Waals surface area contributed by atoms with Gasteiger partial charge in [0.15, 0.2) is 5.88 Å². The Kier molecular flexibility index (Phi) is 9.78. The number of hydrogen-bond acceptors (Lipinski definition) is 9. The number of rotatable bonds is 14. The van der Waals surface area contributed by atoms with Crippen LogP contribution in [0.3, 0.4) is 0 Å². The van der Waals surface area contributed by atoms with E-state index in [4.69, 9.17) is 9.47 Å². The number of nitrogens with zero attached hydrogens (tertiary/aromatic N) is 4. The summed E-state index contributed by atoms with van der Waals surface area (Å²) >= 11 is 0. The van der Waals surface area contributed by atoms with E-state index in [0.717, 1.165) is 65.9 Å². The lowest BCUT2D eigenvalue weighted by molar-refractivity contribution is 0.144. The quantitative estimate of drug-likeness (QED) is 0.294. The fraction of sp³-hybridized carbons (Fsp3) is 0.379. The molecule has 0 unspecified atom stereocenters. The van der Waals surface area contributed by atoms with Gasteiger partial charge in [-0.2, -0.15) is 0 Å². The molecule has 39 heavy (non-hydrogen) atoms. The van der Waals surface area contributed by atoms with Gasteiger partial charge < -0.3 is 24.6 Å². The third-order valence-electron chi connectivity index (χ3n) is 6.52. The molecule has 0 bridgehead atoms. The average molecular weight is 552 g/mol. The predicted octanol–water partition coefficient (Wildman–Crippen LogP) is 4.32. The van der Waals surface area contributed by atoms with Crippen LogP contribution in [0.15, 0.2) is 66.8 Å². The molecule has 0 aliphatic carbocycles. The van der Waals surface area contributed by atoms with Crippen molar-refractivity contribution < 1.29 is 17.9 Å². The minimum atomic E-state index is -2.94. The number of aromatic nitrogens is 2. The van der Waals surface area contributed by atoms with Crippen molar-refractivity contribution in [2.75, 3.05) is 51.1 Å². The highest BCUT2D eigenvalue weighted by Gasteiger charge is 2.22. The third-order valence-corrected chi connectivity index (χ3v) is 7.45. The third kappa shape index (κ3) is 8.69. The maximum Gasteiger partial charge on any atom is 0.190 e. The van der Waals surface area contributed by atoms with Crippen molar-refractivity contribution in [2.45, 2.75) is 26.0 Å². The molecule has 0 saturated heterocycles. The van der Waals surface area contributed by atoms with Crippen LogP contribution in [0.4, 0.5) is 11.5 Å². The lowest BCUT2D eigenvalue weighted by Gasteiger charge is -2.30. The molecular weight excluding hydrogens is 514 g/mol. The molecule has 0 atom stereocenters. The summed E-state index contributed by atoms with van der Waals surface area (Å²) < 4.78 is 34.4. The summed E-state index contributed by atoms with van der Waals surface area (Å²) in [5.74, 6) is 2.48. The Morgan fingerprint density at radius 3 is 2.51 bits per heavy atom. The fourth-order valence-electron chi connectivity index (χ4n) is 4.29. The van der Waals surface area contributed by atoms with Gasteiger partial charge >= 0.3 is 0 Å². The number of sulfone groups is 1. The number of benzene rings is 2. The number of hydrogen-bond donors (Lipinski definition) is 1. The van der Waals surface area contributed by atoms with E-state index >= 15 is 0 Å². The molecule has 9 nitrogen and oxygen atoms in total. The van der Waals surface area contributed by atoms with Crippen molar-refractivity contribution in [3.05, 3.63) is 83.6 Å². The maximum absolute atomic E-state index is 11.4. The highest BCUT2D eigenvalue weighted by molar-refractivity contribution is 7.90. The molecule has 1 aliphatic heterocycles. The van der Waals surface area contributed by atoms with Gasteiger partial charge in [0.05, 0.1) is 25.1 Å². The van der Waals surface area contributed by atoms with Crippen LogP contribution in [0.1, 0.15) is 29.7 Å². The second kappa shape index (κ2) is 13.4. The van der Waals surface area contributed by atoms with Gasteiger partial charge in [0.1, 0.15) is 34.3 Å². The van der Waals surface area contributed by atoms with Gasteiger partial charge in [0.2, 0.25) is 0 Å². The number of unbranched alkanes of at least 4 members (excludes halogenated alkanes) is 1. The minimum Gasteiger partial charge on any atom is -0.489 e. The Morgan fingerprint density at radius 1 is 1.03 bits per heavy atom. The highest BCUT2D eigenvalue weighted by Crippen LogP contribution is 2.30. The molecule has 0 fully saturated rings. The molecule has 0 radical (unpaired) electrons. The van der Waals surface area contributed by atoms with Crippen LogP contribution in [-0.4, -0.2) is 74.0 Å². The molecule has 1 N–H and O–H groups in total. The Labute approximate surface area is 231 Å². The summed E-state index contributed by atoms with van der Waals surface area (Å²) in [6.45, 7) is 3.36. The van der Waals surface area contributed by atoms with E-state index in [1.807, 2.05) is 67.7 Å². The Hall–Kier alpha value is -3.63. The smallest absolute Gasteiger partial charge is 0.190 e. The topological polar surface area (TPSA) is 96.9 Å². The maximum atomic E-state index is 11.4. The lowest BCUT2D eigenvalue weighted by atomic mass is 10.1. The normalized spacial score (nSPS) is 13.1. The molecule has 208 valence electrons. The van der Waals surface area contributed by atoms with Crippen molar-refractivity contribution in [3.8, 4) is 5.75 Å². The Bertz CT molecular complexity index is 1350. The second-order valence-corrected chi connectivity index (χ2v) is 12.0. The first-order valence-corrected chi connectivity index (χ1v) is 15.1. The summed E-state index contributed by atoms with van der Waals surface area (Å²) in [4.78, 5) is 13.3. The van der Waals surface area contributed by atoms with Gasteiger partial charge in [-0.25, -0.2) is 18.4 Å². The van der Waals surface area contributed by atoms with E-state index in [9.17, 15) is 8.42 Å². The average Bonchev–Trinajstić information content (AvgIpc) is 2.94. The molecule has 0 spiro atoms. The fourth-order valence-corrected chi connectivity index (χ4v) is 4.93. The van der Waals surface area contributed by atoms with Gasteiger partial charge in [-0.15, -0.1) is 0 Å². The highest BCUT2D eigenvalue weighted by atomic mass is 32.2. The predicted molar refractivity (Wildman–Crippen MR) is 154 cm³/mol. The number of nitrogens with one attached hydrogen (secondary N) is 1. The van der Waals surface area contributed by atoms with Crippen LogP contribution >= 0.6 is 0 Å². The SMILES string of the molecule is COC1=Cc2c(ncnc2Nc2ccc(OCc3ccccc3)cc2)CN1CCCCN(C)CCS(C)(=O)=O. The van der Waals surface area contributed by atoms with Crippen LogP contribution < -0.4 is 10.1 Å². The first-order chi connectivity index (χ1) is 18.8. The molecule has 2 aromatic carbocycles. The van der Waals surface area contributed by atoms with Crippen LogP contribution in [0, 0.1) is 0 Å². The molecular formula is C29H37N5O4S. The Balaban J connectivity index is 1.32. The molecule has 4 rings (SSSR count). The minimum absolute atomic E-state index is 0.186. The van der Waals surface area contributed by atoms with E-state index in [0.29, 0.717) is 19.7 Å². The van der Waals surface area contributed by atoms with Crippen molar-refractivity contribution in [1.82, 2.24) is 19.8 Å². The summed E-state index contributed by atoms with van der Waals surface area (Å²) in [6.07, 6.45) is 6.75. The molecule has 1 aliphatic rings. The molecule has 1 aromatic heterocycles. The van der Waals surface area contributed by atoms with E-state index < -0.39 is 9.84 Å². The second-order valence-electron chi connectivity index (χ2n) is 9.75. The molecule has 0 saturated carbocycles. The largest absolute Gasteiger partial charge is 0.489 e. The zero-order chi connectivity index (χ0) is 27.7. The molecule has 2 heterocycles.